The fourth-order valence-corrected chi connectivity index (χ4v) is 2.81. The molecule has 6 nitrogen and oxygen atoms in total. The van der Waals surface area contributed by atoms with E-state index in [1.807, 2.05) is 56.4 Å². The number of ether oxygens (including phenoxy) is 2. The summed E-state index contributed by atoms with van der Waals surface area (Å²) < 4.78 is 16.1. The lowest BCUT2D eigenvalue weighted by molar-refractivity contribution is 0.257. The molecular weight excluding hydrogens is 330 g/mol. The van der Waals surface area contributed by atoms with Gasteiger partial charge in [0.1, 0.15) is 11.5 Å². The predicted molar refractivity (Wildman–Crippen MR) is 99.2 cm³/mol. The van der Waals surface area contributed by atoms with Crippen LogP contribution in [0, 0.1) is 6.92 Å². The molecule has 3 rings (SSSR count). The van der Waals surface area contributed by atoms with Gasteiger partial charge in [0.2, 0.25) is 11.7 Å². The van der Waals surface area contributed by atoms with Gasteiger partial charge in [-0.1, -0.05) is 35.5 Å². The number of hydrogen-bond acceptors (Lipinski definition) is 6. The van der Waals surface area contributed by atoms with Crippen molar-refractivity contribution in [3.8, 4) is 22.9 Å². The van der Waals surface area contributed by atoms with Gasteiger partial charge < -0.3 is 14.0 Å². The van der Waals surface area contributed by atoms with Gasteiger partial charge in [-0.25, -0.2) is 0 Å². The van der Waals surface area contributed by atoms with E-state index in [1.165, 1.54) is 0 Å². The van der Waals surface area contributed by atoms with Crippen molar-refractivity contribution in [2.75, 3.05) is 21.3 Å². The SMILES string of the molecule is COc1ccc(CN(C)Cc2nc(-c3ccccc3C)no2)c(OC)c1. The number of hydrogen-bond donors (Lipinski definition) is 0. The average Bonchev–Trinajstić information content (AvgIpc) is 3.10. The average molecular weight is 353 g/mol. The van der Waals surface area contributed by atoms with Crippen molar-refractivity contribution in [3.05, 3.63) is 59.5 Å². The number of methoxy groups -OCH3 is 2. The molecule has 0 aliphatic rings. The van der Waals surface area contributed by atoms with Gasteiger partial charge in [-0.05, 0) is 25.6 Å². The Balaban J connectivity index is 1.69. The highest BCUT2D eigenvalue weighted by atomic mass is 16.5. The number of nitrogens with zero attached hydrogens (tertiary/aromatic N) is 3. The summed E-state index contributed by atoms with van der Waals surface area (Å²) in [6, 6.07) is 13.8. The first kappa shape index (κ1) is 17.9. The molecule has 0 amide bonds. The van der Waals surface area contributed by atoms with Crippen LogP contribution in [0.4, 0.5) is 0 Å². The van der Waals surface area contributed by atoms with Gasteiger partial charge in [-0.3, -0.25) is 4.90 Å². The van der Waals surface area contributed by atoms with Crippen molar-refractivity contribution in [1.82, 2.24) is 15.0 Å². The molecule has 0 spiro atoms. The summed E-state index contributed by atoms with van der Waals surface area (Å²) in [5, 5.41) is 4.11. The Labute approximate surface area is 153 Å². The lowest BCUT2D eigenvalue weighted by Crippen LogP contribution is -2.18. The summed E-state index contributed by atoms with van der Waals surface area (Å²) in [6.45, 7) is 3.27. The normalized spacial score (nSPS) is 11.0. The van der Waals surface area contributed by atoms with Crippen LogP contribution >= 0.6 is 0 Å². The molecule has 136 valence electrons. The third-order valence-corrected chi connectivity index (χ3v) is 4.19. The lowest BCUT2D eigenvalue weighted by Gasteiger charge is -2.17. The van der Waals surface area contributed by atoms with Crippen molar-refractivity contribution in [2.24, 2.45) is 0 Å². The maximum atomic E-state index is 5.46. The quantitative estimate of drug-likeness (QED) is 0.645. The molecule has 6 heteroatoms. The Kier molecular flexibility index (Phi) is 5.53. The Morgan fingerprint density at radius 1 is 1.04 bits per heavy atom. The van der Waals surface area contributed by atoms with Crippen molar-refractivity contribution >= 4 is 0 Å². The molecule has 0 atom stereocenters. The largest absolute Gasteiger partial charge is 0.497 e. The van der Waals surface area contributed by atoms with Crippen LogP contribution in [0.15, 0.2) is 47.0 Å². The molecule has 1 heterocycles. The highest BCUT2D eigenvalue weighted by molar-refractivity contribution is 5.58. The molecule has 26 heavy (non-hydrogen) atoms. The van der Waals surface area contributed by atoms with Crippen LogP contribution in [0.25, 0.3) is 11.4 Å². The highest BCUT2D eigenvalue weighted by Gasteiger charge is 2.14. The maximum absolute atomic E-state index is 5.46. The fraction of sp³-hybridized carbons (Fsp3) is 0.300. The Morgan fingerprint density at radius 2 is 1.85 bits per heavy atom. The summed E-state index contributed by atoms with van der Waals surface area (Å²) in [7, 11) is 5.30. The van der Waals surface area contributed by atoms with Gasteiger partial charge in [0, 0.05) is 23.7 Å². The van der Waals surface area contributed by atoms with Gasteiger partial charge in [0.05, 0.1) is 20.8 Å². The number of aryl methyl sites for hydroxylation is 1. The monoisotopic (exact) mass is 353 g/mol. The molecule has 0 bridgehead atoms. The molecule has 1 aromatic heterocycles. The van der Waals surface area contributed by atoms with Crippen LogP contribution in [0.1, 0.15) is 17.0 Å². The first-order chi connectivity index (χ1) is 12.6. The van der Waals surface area contributed by atoms with E-state index in [2.05, 4.69) is 15.0 Å². The fourth-order valence-electron chi connectivity index (χ4n) is 2.81. The van der Waals surface area contributed by atoms with Crippen LogP contribution in [0.2, 0.25) is 0 Å². The molecular formula is C20H23N3O3. The van der Waals surface area contributed by atoms with E-state index >= 15 is 0 Å². The van der Waals surface area contributed by atoms with Crippen molar-refractivity contribution in [3.63, 3.8) is 0 Å². The van der Waals surface area contributed by atoms with Crippen LogP contribution in [0.5, 0.6) is 11.5 Å². The second-order valence-corrected chi connectivity index (χ2v) is 6.18. The number of aromatic nitrogens is 2. The maximum Gasteiger partial charge on any atom is 0.241 e. The Morgan fingerprint density at radius 3 is 2.58 bits per heavy atom. The molecule has 0 saturated heterocycles. The van der Waals surface area contributed by atoms with Gasteiger partial charge in [-0.15, -0.1) is 0 Å². The van der Waals surface area contributed by atoms with Gasteiger partial charge in [-0.2, -0.15) is 4.98 Å². The second-order valence-electron chi connectivity index (χ2n) is 6.18. The zero-order valence-electron chi connectivity index (χ0n) is 15.5. The van der Waals surface area contributed by atoms with Crippen LogP contribution < -0.4 is 9.47 Å². The summed E-state index contributed by atoms with van der Waals surface area (Å²) in [5.74, 6) is 2.77. The standard InChI is InChI=1S/C20H23N3O3/c1-14-7-5-6-8-17(14)20-21-19(26-22-20)13-23(2)12-15-9-10-16(24-3)11-18(15)25-4/h5-11H,12-13H2,1-4H3. The van der Waals surface area contributed by atoms with Gasteiger partial charge in [0.25, 0.3) is 0 Å². The van der Waals surface area contributed by atoms with Crippen molar-refractivity contribution in [2.45, 2.75) is 20.0 Å². The molecule has 0 unspecified atom stereocenters. The zero-order chi connectivity index (χ0) is 18.5. The van der Waals surface area contributed by atoms with E-state index in [1.54, 1.807) is 14.2 Å². The number of benzene rings is 2. The highest BCUT2D eigenvalue weighted by Crippen LogP contribution is 2.26. The smallest absolute Gasteiger partial charge is 0.241 e. The van der Waals surface area contributed by atoms with E-state index < -0.39 is 0 Å². The molecule has 0 aliphatic heterocycles. The zero-order valence-corrected chi connectivity index (χ0v) is 15.5. The minimum absolute atomic E-state index is 0.550. The van der Waals surface area contributed by atoms with Crippen molar-refractivity contribution in [1.29, 1.82) is 0 Å². The molecule has 0 saturated carbocycles. The number of rotatable bonds is 7. The van der Waals surface area contributed by atoms with E-state index in [0.717, 1.165) is 28.2 Å². The van der Waals surface area contributed by atoms with Crippen LogP contribution in [0.3, 0.4) is 0 Å². The minimum atomic E-state index is 0.550. The molecule has 0 radical (unpaired) electrons. The minimum Gasteiger partial charge on any atom is -0.497 e. The predicted octanol–water partition coefficient (Wildman–Crippen LogP) is 3.69. The van der Waals surface area contributed by atoms with Crippen LogP contribution in [-0.4, -0.2) is 36.3 Å². The lowest BCUT2D eigenvalue weighted by atomic mass is 10.1. The molecule has 3 aromatic rings. The first-order valence-corrected chi connectivity index (χ1v) is 8.38. The van der Waals surface area contributed by atoms with E-state index in [4.69, 9.17) is 14.0 Å². The van der Waals surface area contributed by atoms with Gasteiger partial charge >= 0.3 is 0 Å². The van der Waals surface area contributed by atoms with E-state index in [9.17, 15) is 0 Å². The van der Waals surface area contributed by atoms with Crippen molar-refractivity contribution < 1.29 is 14.0 Å². The molecule has 0 aliphatic carbocycles. The summed E-state index contributed by atoms with van der Waals surface area (Å²) in [6.07, 6.45) is 0. The summed E-state index contributed by atoms with van der Waals surface area (Å²) in [4.78, 5) is 6.62. The van der Waals surface area contributed by atoms with E-state index in [-0.39, 0.29) is 0 Å². The van der Waals surface area contributed by atoms with Crippen LogP contribution in [-0.2, 0) is 13.1 Å². The second kappa shape index (κ2) is 8.01. The first-order valence-electron chi connectivity index (χ1n) is 8.38. The third-order valence-electron chi connectivity index (χ3n) is 4.19. The van der Waals surface area contributed by atoms with Gasteiger partial charge in [0.15, 0.2) is 0 Å². The Hall–Kier alpha value is -2.86. The molecule has 0 N–H and O–H groups in total. The molecule has 0 fully saturated rings. The third kappa shape index (κ3) is 4.03. The van der Waals surface area contributed by atoms with E-state index in [0.29, 0.717) is 24.8 Å². The summed E-state index contributed by atoms with van der Waals surface area (Å²) >= 11 is 0. The topological polar surface area (TPSA) is 60.6 Å². The Bertz CT molecular complexity index is 876. The molecule has 2 aromatic carbocycles. The summed E-state index contributed by atoms with van der Waals surface area (Å²) in [5.41, 5.74) is 3.17.